The quantitative estimate of drug-likeness (QED) is 0.537. The first kappa shape index (κ1) is 18.7. The van der Waals surface area contributed by atoms with E-state index in [9.17, 15) is 4.79 Å². The van der Waals surface area contributed by atoms with E-state index in [2.05, 4.69) is 24.4 Å². The molecule has 0 saturated heterocycles. The van der Waals surface area contributed by atoms with Gasteiger partial charge in [0.25, 0.3) is 0 Å². The summed E-state index contributed by atoms with van der Waals surface area (Å²) in [5, 5.41) is 3.00. The lowest BCUT2D eigenvalue weighted by Crippen LogP contribution is -2.27. The van der Waals surface area contributed by atoms with Gasteiger partial charge < -0.3 is 14.6 Å². The predicted octanol–water partition coefficient (Wildman–Crippen LogP) is 4.34. The van der Waals surface area contributed by atoms with Crippen molar-refractivity contribution in [2.75, 3.05) is 7.11 Å². The van der Waals surface area contributed by atoms with Gasteiger partial charge in [-0.3, -0.25) is 4.79 Å². The molecule has 0 aliphatic carbocycles. The third kappa shape index (κ3) is 4.14. The first-order valence-corrected chi connectivity index (χ1v) is 9.56. The number of ether oxygens (including phenoxy) is 1. The molecule has 5 nitrogen and oxygen atoms in total. The molecular weight excluding hydrogens is 362 g/mol. The molecule has 3 aromatic carbocycles. The summed E-state index contributed by atoms with van der Waals surface area (Å²) in [4.78, 5) is 17.5. The average Bonchev–Trinajstić information content (AvgIpc) is 3.11. The number of hydrogen-bond donors (Lipinski definition) is 1. The highest BCUT2D eigenvalue weighted by atomic mass is 16.5. The van der Waals surface area contributed by atoms with Crippen molar-refractivity contribution in [2.45, 2.75) is 20.0 Å². The number of aromatic nitrogens is 2. The molecule has 146 valence electrons. The molecule has 29 heavy (non-hydrogen) atoms. The zero-order valence-electron chi connectivity index (χ0n) is 16.6. The number of para-hydroxylation sites is 2. The fourth-order valence-electron chi connectivity index (χ4n) is 3.38. The van der Waals surface area contributed by atoms with E-state index in [0.717, 1.165) is 39.3 Å². The number of amides is 1. The van der Waals surface area contributed by atoms with Crippen LogP contribution in [0.1, 0.15) is 11.1 Å². The zero-order chi connectivity index (χ0) is 20.2. The second kappa shape index (κ2) is 8.19. The molecule has 0 spiro atoms. The molecule has 4 rings (SSSR count). The summed E-state index contributed by atoms with van der Waals surface area (Å²) in [5.74, 6) is 1.54. The smallest absolute Gasteiger partial charge is 0.240 e. The number of imidazole rings is 1. The van der Waals surface area contributed by atoms with Gasteiger partial charge in [-0.05, 0) is 42.8 Å². The summed E-state index contributed by atoms with van der Waals surface area (Å²) in [6, 6.07) is 23.8. The van der Waals surface area contributed by atoms with E-state index in [0.29, 0.717) is 6.54 Å². The van der Waals surface area contributed by atoms with Crippen LogP contribution in [0.3, 0.4) is 0 Å². The maximum atomic E-state index is 12.7. The lowest BCUT2D eigenvalue weighted by atomic mass is 10.1. The predicted molar refractivity (Wildman–Crippen MR) is 115 cm³/mol. The highest BCUT2D eigenvalue weighted by Gasteiger charge is 2.15. The minimum atomic E-state index is -0.0575. The molecule has 0 bridgehead atoms. The SMILES string of the molecule is COc1ccc(CNC(=O)Cn2c(-c3cccc(C)c3)nc3ccccc32)cc1. The Morgan fingerprint density at radius 1 is 1.03 bits per heavy atom. The molecule has 0 aliphatic rings. The summed E-state index contributed by atoms with van der Waals surface area (Å²) in [7, 11) is 1.64. The van der Waals surface area contributed by atoms with E-state index in [1.165, 1.54) is 0 Å². The Labute approximate surface area is 170 Å². The van der Waals surface area contributed by atoms with Crippen LogP contribution < -0.4 is 10.1 Å². The van der Waals surface area contributed by atoms with Crippen LogP contribution in [0, 0.1) is 6.92 Å². The number of carbonyl (C=O) groups excluding carboxylic acids is 1. The van der Waals surface area contributed by atoms with Crippen molar-refractivity contribution in [3.05, 3.63) is 83.9 Å². The molecule has 5 heteroatoms. The van der Waals surface area contributed by atoms with Gasteiger partial charge in [-0.25, -0.2) is 4.98 Å². The first-order valence-electron chi connectivity index (χ1n) is 9.56. The standard InChI is InChI=1S/C24H23N3O2/c1-17-6-5-7-19(14-17)24-26-21-8-3-4-9-22(21)27(24)16-23(28)25-15-18-10-12-20(29-2)13-11-18/h3-14H,15-16H2,1-2H3,(H,25,28). The van der Waals surface area contributed by atoms with E-state index in [4.69, 9.17) is 9.72 Å². The van der Waals surface area contributed by atoms with Crippen LogP contribution in [0.2, 0.25) is 0 Å². The van der Waals surface area contributed by atoms with Crippen LogP contribution in [-0.4, -0.2) is 22.6 Å². The molecule has 1 heterocycles. The Balaban J connectivity index is 1.57. The highest BCUT2D eigenvalue weighted by Crippen LogP contribution is 2.25. The van der Waals surface area contributed by atoms with Gasteiger partial charge in [0.15, 0.2) is 0 Å². The Morgan fingerprint density at radius 2 is 1.83 bits per heavy atom. The average molecular weight is 385 g/mol. The molecule has 4 aromatic rings. The van der Waals surface area contributed by atoms with Crippen molar-refractivity contribution in [1.29, 1.82) is 0 Å². The number of methoxy groups -OCH3 is 1. The van der Waals surface area contributed by atoms with Gasteiger partial charge in [0.05, 0.1) is 18.1 Å². The Hall–Kier alpha value is -3.60. The molecule has 1 aromatic heterocycles. The zero-order valence-corrected chi connectivity index (χ0v) is 16.6. The number of aryl methyl sites for hydroxylation is 1. The Kier molecular flexibility index (Phi) is 5.29. The Bertz CT molecular complexity index is 1150. The van der Waals surface area contributed by atoms with E-state index in [1.807, 2.05) is 65.2 Å². The van der Waals surface area contributed by atoms with Crippen LogP contribution in [0.4, 0.5) is 0 Å². The second-order valence-electron chi connectivity index (χ2n) is 7.00. The first-order chi connectivity index (χ1) is 14.1. The maximum Gasteiger partial charge on any atom is 0.240 e. The molecule has 0 saturated carbocycles. The summed E-state index contributed by atoms with van der Waals surface area (Å²) in [6.07, 6.45) is 0. The molecule has 0 unspecified atom stereocenters. The molecular formula is C24H23N3O2. The van der Waals surface area contributed by atoms with Gasteiger partial charge in [0.1, 0.15) is 18.1 Å². The fraction of sp³-hybridized carbons (Fsp3) is 0.167. The Morgan fingerprint density at radius 3 is 2.59 bits per heavy atom. The van der Waals surface area contributed by atoms with Crippen LogP contribution in [0.25, 0.3) is 22.4 Å². The fourth-order valence-corrected chi connectivity index (χ4v) is 3.38. The van der Waals surface area contributed by atoms with E-state index >= 15 is 0 Å². The van der Waals surface area contributed by atoms with E-state index in [1.54, 1.807) is 7.11 Å². The van der Waals surface area contributed by atoms with Gasteiger partial charge >= 0.3 is 0 Å². The summed E-state index contributed by atoms with van der Waals surface area (Å²) >= 11 is 0. The largest absolute Gasteiger partial charge is 0.497 e. The normalized spacial score (nSPS) is 10.8. The number of benzene rings is 3. The molecule has 1 N–H and O–H groups in total. The lowest BCUT2D eigenvalue weighted by Gasteiger charge is -2.11. The van der Waals surface area contributed by atoms with Gasteiger partial charge in [-0.15, -0.1) is 0 Å². The van der Waals surface area contributed by atoms with Crippen LogP contribution in [0.15, 0.2) is 72.8 Å². The van der Waals surface area contributed by atoms with Crippen LogP contribution >= 0.6 is 0 Å². The third-order valence-corrected chi connectivity index (χ3v) is 4.88. The van der Waals surface area contributed by atoms with Crippen LogP contribution in [0.5, 0.6) is 5.75 Å². The molecule has 0 aliphatic heterocycles. The second-order valence-corrected chi connectivity index (χ2v) is 7.00. The van der Waals surface area contributed by atoms with Crippen molar-refractivity contribution >= 4 is 16.9 Å². The van der Waals surface area contributed by atoms with Gasteiger partial charge in [0.2, 0.25) is 5.91 Å². The van der Waals surface area contributed by atoms with Crippen molar-refractivity contribution in [1.82, 2.24) is 14.9 Å². The van der Waals surface area contributed by atoms with Gasteiger partial charge in [0, 0.05) is 12.1 Å². The summed E-state index contributed by atoms with van der Waals surface area (Å²) < 4.78 is 7.15. The maximum absolute atomic E-state index is 12.7. The number of carbonyl (C=O) groups is 1. The monoisotopic (exact) mass is 385 g/mol. The van der Waals surface area contributed by atoms with Crippen molar-refractivity contribution in [2.24, 2.45) is 0 Å². The topological polar surface area (TPSA) is 56.1 Å². The third-order valence-electron chi connectivity index (χ3n) is 4.88. The molecule has 1 amide bonds. The molecule has 0 fully saturated rings. The van der Waals surface area contributed by atoms with Gasteiger partial charge in [-0.1, -0.05) is 48.0 Å². The number of nitrogens with one attached hydrogen (secondary N) is 1. The van der Waals surface area contributed by atoms with Crippen molar-refractivity contribution < 1.29 is 9.53 Å². The molecule has 0 atom stereocenters. The van der Waals surface area contributed by atoms with Crippen LogP contribution in [-0.2, 0) is 17.9 Å². The van der Waals surface area contributed by atoms with E-state index in [-0.39, 0.29) is 12.5 Å². The molecule has 0 radical (unpaired) electrons. The summed E-state index contributed by atoms with van der Waals surface area (Å²) in [6.45, 7) is 2.73. The minimum Gasteiger partial charge on any atom is -0.497 e. The lowest BCUT2D eigenvalue weighted by molar-refractivity contribution is -0.121. The number of rotatable bonds is 6. The number of fused-ring (bicyclic) bond motifs is 1. The highest BCUT2D eigenvalue weighted by molar-refractivity contribution is 5.84. The van der Waals surface area contributed by atoms with Crippen molar-refractivity contribution in [3.8, 4) is 17.1 Å². The summed E-state index contributed by atoms with van der Waals surface area (Å²) in [5.41, 5.74) is 5.01. The van der Waals surface area contributed by atoms with Crippen molar-refractivity contribution in [3.63, 3.8) is 0 Å². The van der Waals surface area contributed by atoms with Gasteiger partial charge in [-0.2, -0.15) is 0 Å². The minimum absolute atomic E-state index is 0.0575. The van der Waals surface area contributed by atoms with E-state index < -0.39 is 0 Å². The number of nitrogens with zero attached hydrogens (tertiary/aromatic N) is 2. The number of hydrogen-bond acceptors (Lipinski definition) is 3.